The van der Waals surface area contributed by atoms with Crippen molar-refractivity contribution in [1.82, 2.24) is 20.4 Å². The molecule has 2 aliphatic rings. The number of carbonyl (C=O) groups excluding carboxylic acids is 2. The average Bonchev–Trinajstić information content (AvgIpc) is 3.40. The predicted molar refractivity (Wildman–Crippen MR) is 147 cm³/mol. The van der Waals surface area contributed by atoms with E-state index in [-0.39, 0.29) is 23.8 Å². The van der Waals surface area contributed by atoms with E-state index in [1.54, 1.807) is 0 Å². The molecule has 0 unspecified atom stereocenters. The second-order valence-corrected chi connectivity index (χ2v) is 10.7. The smallest absolute Gasteiger partial charge is 0.321 e. The molecule has 5 rings (SSSR count). The van der Waals surface area contributed by atoms with E-state index < -0.39 is 5.41 Å². The molecule has 39 heavy (non-hydrogen) atoms. The van der Waals surface area contributed by atoms with Gasteiger partial charge in [-0.25, -0.2) is 0 Å². The van der Waals surface area contributed by atoms with E-state index in [1.165, 1.54) is 0 Å². The van der Waals surface area contributed by atoms with Gasteiger partial charge in [0.15, 0.2) is 5.82 Å². The number of hydrogen-bond acceptors (Lipinski definition) is 7. The van der Waals surface area contributed by atoms with Crippen LogP contribution in [0.1, 0.15) is 74.3 Å². The van der Waals surface area contributed by atoms with Gasteiger partial charge in [-0.05, 0) is 63.2 Å². The Morgan fingerprint density at radius 2 is 1.77 bits per heavy atom. The third-order valence-corrected chi connectivity index (χ3v) is 8.19. The lowest BCUT2D eigenvalue weighted by molar-refractivity contribution is -0.153. The van der Waals surface area contributed by atoms with Crippen LogP contribution >= 0.6 is 0 Å². The highest BCUT2D eigenvalue weighted by Gasteiger charge is 2.49. The maximum absolute atomic E-state index is 13.2. The first-order chi connectivity index (χ1) is 19.1. The maximum atomic E-state index is 13.2. The van der Waals surface area contributed by atoms with Crippen molar-refractivity contribution in [2.75, 3.05) is 26.2 Å². The summed E-state index contributed by atoms with van der Waals surface area (Å²) in [7, 11) is 0. The fourth-order valence-corrected chi connectivity index (χ4v) is 5.51. The minimum atomic E-state index is -0.939. The summed E-state index contributed by atoms with van der Waals surface area (Å²) in [5.41, 5.74) is 1.27. The molecule has 1 aromatic heterocycles. The predicted octanol–water partition coefficient (Wildman–Crippen LogP) is 4.60. The summed E-state index contributed by atoms with van der Waals surface area (Å²) in [6.07, 6.45) is 5.54. The van der Waals surface area contributed by atoms with Crippen LogP contribution in [0.3, 0.4) is 0 Å². The second-order valence-electron chi connectivity index (χ2n) is 10.7. The van der Waals surface area contributed by atoms with Gasteiger partial charge in [-0.2, -0.15) is 4.98 Å². The number of ether oxygens (including phenoxy) is 1. The van der Waals surface area contributed by atoms with Gasteiger partial charge >= 0.3 is 5.97 Å². The highest BCUT2D eigenvalue weighted by atomic mass is 16.5. The molecule has 8 heteroatoms. The van der Waals surface area contributed by atoms with E-state index >= 15 is 0 Å². The molecule has 1 saturated carbocycles. The molecule has 0 bridgehead atoms. The normalized spacial score (nSPS) is 18.2. The van der Waals surface area contributed by atoms with E-state index in [1.807, 2.05) is 55.5 Å². The van der Waals surface area contributed by atoms with Crippen molar-refractivity contribution in [3.8, 4) is 0 Å². The van der Waals surface area contributed by atoms with Crippen molar-refractivity contribution in [3.05, 3.63) is 83.5 Å². The van der Waals surface area contributed by atoms with Crippen LogP contribution in [0.5, 0.6) is 0 Å². The van der Waals surface area contributed by atoms with Gasteiger partial charge in [-0.15, -0.1) is 0 Å². The van der Waals surface area contributed by atoms with Crippen LogP contribution in [0.4, 0.5) is 0 Å². The van der Waals surface area contributed by atoms with Gasteiger partial charge in [0.1, 0.15) is 5.41 Å². The van der Waals surface area contributed by atoms with Gasteiger partial charge in [0.2, 0.25) is 11.8 Å². The van der Waals surface area contributed by atoms with Crippen LogP contribution in [0.2, 0.25) is 0 Å². The summed E-state index contributed by atoms with van der Waals surface area (Å²) in [5.74, 6) is 0.932. The first kappa shape index (κ1) is 27.1. The van der Waals surface area contributed by atoms with Crippen LogP contribution in [0, 0.1) is 5.92 Å². The molecule has 8 nitrogen and oxygen atoms in total. The first-order valence-corrected chi connectivity index (χ1v) is 14.2. The SMILES string of the molecule is CCOC(=O)C1(c2nc(Cc3ccccc3)no2)CCN(CC[C@H](NC(=O)C2CCC2)c2ccccc2)CC1. The second kappa shape index (κ2) is 12.6. The first-order valence-electron chi connectivity index (χ1n) is 14.2. The Bertz CT molecular complexity index is 1220. The number of rotatable bonds is 11. The van der Waals surface area contributed by atoms with Crippen molar-refractivity contribution < 1.29 is 18.8 Å². The van der Waals surface area contributed by atoms with Gasteiger partial charge in [-0.3, -0.25) is 9.59 Å². The van der Waals surface area contributed by atoms with Crippen molar-refractivity contribution in [2.45, 2.75) is 63.3 Å². The zero-order chi connectivity index (χ0) is 27.1. The number of esters is 1. The van der Waals surface area contributed by atoms with Crippen LogP contribution in [-0.4, -0.2) is 53.2 Å². The Morgan fingerprint density at radius 1 is 1.08 bits per heavy atom. The van der Waals surface area contributed by atoms with Crippen LogP contribution in [0.15, 0.2) is 65.2 Å². The number of benzene rings is 2. The number of hydrogen-bond donors (Lipinski definition) is 1. The molecule has 0 spiro atoms. The Morgan fingerprint density at radius 3 is 2.41 bits per heavy atom. The van der Waals surface area contributed by atoms with Crippen LogP contribution < -0.4 is 5.32 Å². The molecule has 1 saturated heterocycles. The molecule has 1 aliphatic carbocycles. The Labute approximate surface area is 230 Å². The lowest BCUT2D eigenvalue weighted by Gasteiger charge is -2.38. The summed E-state index contributed by atoms with van der Waals surface area (Å²) in [4.78, 5) is 33.0. The van der Waals surface area contributed by atoms with Crippen LogP contribution in [0.25, 0.3) is 0 Å². The zero-order valence-corrected chi connectivity index (χ0v) is 22.7. The average molecular weight is 531 g/mol. The minimum absolute atomic E-state index is 0.0347. The van der Waals surface area contributed by atoms with Gasteiger partial charge in [0.05, 0.1) is 12.6 Å². The van der Waals surface area contributed by atoms with Crippen molar-refractivity contribution in [1.29, 1.82) is 0 Å². The van der Waals surface area contributed by atoms with E-state index in [4.69, 9.17) is 9.26 Å². The number of nitrogens with zero attached hydrogens (tertiary/aromatic N) is 3. The molecule has 2 fully saturated rings. The van der Waals surface area contributed by atoms with Crippen molar-refractivity contribution in [2.24, 2.45) is 5.92 Å². The highest BCUT2D eigenvalue weighted by molar-refractivity contribution is 5.82. The number of aromatic nitrogens is 2. The summed E-state index contributed by atoms with van der Waals surface area (Å²) in [6, 6.07) is 20.1. The lowest BCUT2D eigenvalue weighted by atomic mass is 9.78. The van der Waals surface area contributed by atoms with Crippen molar-refractivity contribution in [3.63, 3.8) is 0 Å². The van der Waals surface area contributed by atoms with Crippen molar-refractivity contribution >= 4 is 11.9 Å². The number of amides is 1. The number of nitrogens with one attached hydrogen (secondary N) is 1. The number of carbonyl (C=O) groups is 2. The fraction of sp³-hybridized carbons (Fsp3) is 0.484. The highest BCUT2D eigenvalue weighted by Crippen LogP contribution is 2.37. The Balaban J connectivity index is 1.24. The number of piperidine rings is 1. The monoisotopic (exact) mass is 530 g/mol. The van der Waals surface area contributed by atoms with E-state index in [9.17, 15) is 9.59 Å². The van der Waals surface area contributed by atoms with Gasteiger partial charge in [-0.1, -0.05) is 72.2 Å². The molecular weight excluding hydrogens is 492 g/mol. The molecule has 206 valence electrons. The summed E-state index contributed by atoms with van der Waals surface area (Å²) in [5, 5.41) is 7.49. The van der Waals surface area contributed by atoms with Crippen LogP contribution in [-0.2, 0) is 26.2 Å². The fourth-order valence-electron chi connectivity index (χ4n) is 5.51. The molecule has 3 aromatic rings. The van der Waals surface area contributed by atoms with Gasteiger partial charge in [0.25, 0.3) is 0 Å². The largest absolute Gasteiger partial charge is 0.465 e. The van der Waals surface area contributed by atoms with Gasteiger partial charge < -0.3 is 19.5 Å². The zero-order valence-electron chi connectivity index (χ0n) is 22.7. The third kappa shape index (κ3) is 6.38. The molecule has 1 N–H and O–H groups in total. The molecular formula is C31H38N4O4. The van der Waals surface area contributed by atoms with E-state index in [0.717, 1.165) is 43.4 Å². The summed E-state index contributed by atoms with van der Waals surface area (Å²) < 4.78 is 11.2. The van der Waals surface area contributed by atoms with Gasteiger partial charge in [0, 0.05) is 18.9 Å². The standard InChI is InChI=1S/C31H38N4O4/c1-2-38-30(37)31(29-33-27(34-39-29)22-23-10-5-3-6-11-23)17-20-35(21-18-31)19-16-26(24-12-7-4-8-13-24)32-28(36)25-14-9-15-25/h3-8,10-13,25-26H,2,9,14-22H2,1H3,(H,32,36)/t26-/m0/s1. The van der Waals surface area contributed by atoms with E-state index in [0.29, 0.717) is 50.7 Å². The molecule has 2 aromatic carbocycles. The topological polar surface area (TPSA) is 97.6 Å². The van der Waals surface area contributed by atoms with E-state index in [2.05, 4.69) is 32.5 Å². The summed E-state index contributed by atoms with van der Waals surface area (Å²) in [6.45, 7) is 4.33. The molecule has 0 radical (unpaired) electrons. The quantitative estimate of drug-likeness (QED) is 0.362. The molecule has 1 amide bonds. The third-order valence-electron chi connectivity index (χ3n) is 8.19. The maximum Gasteiger partial charge on any atom is 0.321 e. The molecule has 1 atom stereocenters. The minimum Gasteiger partial charge on any atom is -0.465 e. The number of likely N-dealkylation sites (tertiary alicyclic amines) is 1. The Hall–Kier alpha value is -3.52. The Kier molecular flexibility index (Phi) is 8.71. The molecule has 1 aliphatic heterocycles. The summed E-state index contributed by atoms with van der Waals surface area (Å²) >= 11 is 0. The molecule has 2 heterocycles. The lowest BCUT2D eigenvalue weighted by Crippen LogP contribution is -2.49.